The number of carbonyl (C=O) groups is 3. The van der Waals surface area contributed by atoms with Crippen LogP contribution in [0, 0.1) is 16.0 Å². The predicted molar refractivity (Wildman–Crippen MR) is 159 cm³/mol. The number of amides is 3. The lowest BCUT2D eigenvalue weighted by Gasteiger charge is -2.31. The number of aromatic nitrogens is 1. The molecule has 3 atom stereocenters. The van der Waals surface area contributed by atoms with E-state index in [1.165, 1.54) is 34.9 Å². The maximum Gasteiger partial charge on any atom is 0.308 e. The highest BCUT2D eigenvalue weighted by atomic mass is 32.2. The van der Waals surface area contributed by atoms with E-state index in [-0.39, 0.29) is 46.8 Å². The summed E-state index contributed by atoms with van der Waals surface area (Å²) in [5.74, 6) is -2.74. The van der Waals surface area contributed by atoms with Gasteiger partial charge in [0.05, 0.1) is 28.2 Å². The van der Waals surface area contributed by atoms with Gasteiger partial charge >= 0.3 is 4.87 Å². The number of anilines is 1. The zero-order valence-corrected chi connectivity index (χ0v) is 24.8. The molecular weight excluding hydrogens is 596 g/mol. The standard InChI is InChI=1S/C29H28N4O8S2/c1-2-41-20-14-16(6-11-19(20)34)22-23-24(27(37)32(26(23)36)17-7-9-18(10-8-17)33(39)40)42-28-25(22)43-29(38)31(28)15-21(35)30-12-4-3-5-13-30/h6-11,14,22-24,34H,2-5,12-13,15H2,1H3/t22-,23+,24-/m0/s1. The van der Waals surface area contributed by atoms with Gasteiger partial charge in [0, 0.05) is 36.0 Å². The minimum absolute atomic E-state index is 0.0909. The van der Waals surface area contributed by atoms with E-state index in [0.717, 1.165) is 47.3 Å². The number of hydrogen-bond acceptors (Lipinski definition) is 10. The normalized spacial score (nSPS) is 21.5. The van der Waals surface area contributed by atoms with Crippen molar-refractivity contribution in [3.05, 3.63) is 72.7 Å². The molecule has 14 heteroatoms. The van der Waals surface area contributed by atoms with Crippen LogP contribution in [0.5, 0.6) is 11.5 Å². The number of piperidine rings is 1. The largest absolute Gasteiger partial charge is 0.504 e. The molecule has 43 heavy (non-hydrogen) atoms. The minimum Gasteiger partial charge on any atom is -0.504 e. The summed E-state index contributed by atoms with van der Waals surface area (Å²) in [6.45, 7) is 3.14. The lowest BCUT2D eigenvalue weighted by molar-refractivity contribution is -0.384. The van der Waals surface area contributed by atoms with Crippen molar-refractivity contribution in [2.45, 2.75) is 48.9 Å². The molecule has 6 rings (SSSR count). The number of non-ortho nitro benzene ring substituents is 1. The van der Waals surface area contributed by atoms with Crippen molar-refractivity contribution in [2.75, 3.05) is 24.6 Å². The molecule has 3 aliphatic heterocycles. The monoisotopic (exact) mass is 624 g/mol. The van der Waals surface area contributed by atoms with Crippen LogP contribution in [0.15, 0.2) is 52.3 Å². The SMILES string of the molecule is CCOc1cc([C@@H]2c3sc(=O)n(CC(=O)N4CCCCC4)c3S[C@@H]3C(=O)N(c4ccc([N+](=O)[O-])cc4)C(=O)[C@H]23)ccc1O. The van der Waals surface area contributed by atoms with E-state index < -0.39 is 33.8 Å². The molecule has 3 amide bonds. The Labute approximate surface area is 254 Å². The maximum absolute atomic E-state index is 14.1. The number of carbonyl (C=O) groups excluding carboxylic acids is 3. The smallest absolute Gasteiger partial charge is 0.308 e. The van der Waals surface area contributed by atoms with Crippen LogP contribution in [0.25, 0.3) is 0 Å². The molecule has 2 saturated heterocycles. The lowest BCUT2D eigenvalue weighted by atomic mass is 9.83. The molecule has 1 aromatic heterocycles. The van der Waals surface area contributed by atoms with Crippen LogP contribution < -0.4 is 14.5 Å². The Morgan fingerprint density at radius 2 is 1.79 bits per heavy atom. The zero-order valence-electron chi connectivity index (χ0n) is 23.1. The number of thiazole rings is 1. The number of nitro benzene ring substituents is 1. The van der Waals surface area contributed by atoms with Gasteiger partial charge in [-0.25, -0.2) is 4.90 Å². The number of rotatable bonds is 7. The van der Waals surface area contributed by atoms with Crippen molar-refractivity contribution in [3.8, 4) is 11.5 Å². The van der Waals surface area contributed by atoms with E-state index in [4.69, 9.17) is 4.74 Å². The molecule has 0 bridgehead atoms. The van der Waals surface area contributed by atoms with Gasteiger partial charge in [-0.2, -0.15) is 0 Å². The van der Waals surface area contributed by atoms with Gasteiger partial charge < -0.3 is 14.7 Å². The van der Waals surface area contributed by atoms with Crippen molar-refractivity contribution in [3.63, 3.8) is 0 Å². The van der Waals surface area contributed by atoms with E-state index in [2.05, 4.69) is 0 Å². The van der Waals surface area contributed by atoms with E-state index in [9.17, 15) is 34.4 Å². The molecule has 4 heterocycles. The van der Waals surface area contributed by atoms with Crippen LogP contribution in [-0.2, 0) is 20.9 Å². The van der Waals surface area contributed by atoms with E-state index in [1.807, 2.05) is 0 Å². The van der Waals surface area contributed by atoms with Crippen molar-refractivity contribution < 1.29 is 29.2 Å². The van der Waals surface area contributed by atoms with Crippen LogP contribution in [0.3, 0.4) is 0 Å². The fraction of sp³-hybridized carbons (Fsp3) is 0.379. The second kappa shape index (κ2) is 11.5. The summed E-state index contributed by atoms with van der Waals surface area (Å²) >= 11 is 2.04. The molecule has 0 saturated carbocycles. The van der Waals surface area contributed by atoms with Gasteiger partial charge in [-0.05, 0) is 56.0 Å². The molecule has 224 valence electrons. The fourth-order valence-corrected chi connectivity index (χ4v) is 8.74. The van der Waals surface area contributed by atoms with Crippen LogP contribution in [0.1, 0.15) is 42.5 Å². The third kappa shape index (κ3) is 5.07. The number of benzene rings is 2. The Morgan fingerprint density at radius 3 is 2.47 bits per heavy atom. The van der Waals surface area contributed by atoms with Gasteiger partial charge in [-0.15, -0.1) is 0 Å². The van der Waals surface area contributed by atoms with Gasteiger partial charge in [0.25, 0.3) is 5.69 Å². The highest BCUT2D eigenvalue weighted by Gasteiger charge is 2.57. The number of likely N-dealkylation sites (tertiary alicyclic amines) is 1. The first-order valence-corrected chi connectivity index (χ1v) is 15.6. The molecule has 0 spiro atoms. The minimum atomic E-state index is -0.921. The predicted octanol–water partition coefficient (Wildman–Crippen LogP) is 3.73. The summed E-state index contributed by atoms with van der Waals surface area (Å²) in [6.07, 6.45) is 2.86. The van der Waals surface area contributed by atoms with Crippen molar-refractivity contribution in [1.29, 1.82) is 0 Å². The number of thioether (sulfide) groups is 1. The third-order valence-corrected chi connectivity index (χ3v) is 10.6. The third-order valence-electron chi connectivity index (χ3n) is 8.01. The molecule has 2 aromatic carbocycles. The maximum atomic E-state index is 14.1. The molecule has 3 aromatic rings. The first-order valence-electron chi connectivity index (χ1n) is 14.0. The van der Waals surface area contributed by atoms with Crippen molar-refractivity contribution >= 4 is 52.2 Å². The Kier molecular flexibility index (Phi) is 7.73. The number of phenolic OH excluding ortho intramolecular Hbond substituents is 1. The van der Waals surface area contributed by atoms with Gasteiger partial charge in [-0.1, -0.05) is 29.2 Å². The Bertz CT molecular complexity index is 1680. The van der Waals surface area contributed by atoms with Gasteiger partial charge in [-0.3, -0.25) is 33.9 Å². The average Bonchev–Trinajstić information content (AvgIpc) is 3.45. The van der Waals surface area contributed by atoms with E-state index in [0.29, 0.717) is 28.6 Å². The Morgan fingerprint density at radius 1 is 1.07 bits per heavy atom. The molecule has 0 unspecified atom stereocenters. The first-order chi connectivity index (χ1) is 20.7. The van der Waals surface area contributed by atoms with Crippen molar-refractivity contribution in [1.82, 2.24) is 9.47 Å². The fourth-order valence-electron chi connectivity index (χ4n) is 5.97. The van der Waals surface area contributed by atoms with Gasteiger partial charge in [0.15, 0.2) is 11.5 Å². The topological polar surface area (TPSA) is 152 Å². The number of fused-ring (bicyclic) bond motifs is 2. The number of hydrogen-bond donors (Lipinski definition) is 1. The van der Waals surface area contributed by atoms with Crippen LogP contribution in [0.2, 0.25) is 0 Å². The highest BCUT2D eigenvalue weighted by Crippen LogP contribution is 2.54. The van der Waals surface area contributed by atoms with Gasteiger partial charge in [0.2, 0.25) is 17.7 Å². The summed E-state index contributed by atoms with van der Waals surface area (Å²) in [5, 5.41) is 21.1. The number of ether oxygens (including phenoxy) is 1. The lowest BCUT2D eigenvalue weighted by Crippen LogP contribution is -2.39. The molecule has 12 nitrogen and oxygen atoms in total. The second-order valence-corrected chi connectivity index (χ2v) is 12.7. The zero-order chi connectivity index (χ0) is 30.4. The first kappa shape index (κ1) is 28.9. The average molecular weight is 625 g/mol. The summed E-state index contributed by atoms with van der Waals surface area (Å²) in [7, 11) is 0. The van der Waals surface area contributed by atoms with Gasteiger partial charge in [0.1, 0.15) is 11.8 Å². The van der Waals surface area contributed by atoms with Crippen LogP contribution in [0.4, 0.5) is 11.4 Å². The van der Waals surface area contributed by atoms with E-state index >= 15 is 0 Å². The quantitative estimate of drug-likeness (QED) is 0.235. The Hall–Kier alpha value is -4.17. The number of nitro groups is 1. The molecule has 1 N–H and O–H groups in total. The van der Waals surface area contributed by atoms with Crippen LogP contribution in [-0.4, -0.2) is 62.2 Å². The summed E-state index contributed by atoms with van der Waals surface area (Å²) in [4.78, 5) is 68.1. The number of nitrogens with zero attached hydrogens (tertiary/aromatic N) is 4. The molecule has 3 aliphatic rings. The second-order valence-electron chi connectivity index (χ2n) is 10.6. The number of aromatic hydroxyl groups is 1. The molecule has 0 radical (unpaired) electrons. The molecule has 2 fully saturated rings. The molecular formula is C29H28N4O8S2. The molecule has 0 aliphatic carbocycles. The van der Waals surface area contributed by atoms with E-state index in [1.54, 1.807) is 24.0 Å². The Balaban J connectivity index is 1.44. The number of phenols is 1. The summed E-state index contributed by atoms with van der Waals surface area (Å²) in [5.41, 5.74) is 0.598. The summed E-state index contributed by atoms with van der Waals surface area (Å²) in [6, 6.07) is 9.89. The number of imide groups is 1. The highest BCUT2D eigenvalue weighted by molar-refractivity contribution is 8.00. The van der Waals surface area contributed by atoms with Crippen molar-refractivity contribution in [2.24, 2.45) is 5.92 Å². The summed E-state index contributed by atoms with van der Waals surface area (Å²) < 4.78 is 7.00. The van der Waals surface area contributed by atoms with Crippen LogP contribution >= 0.6 is 23.1 Å².